The number of H-pyrrole nitrogens is 1. The second-order valence-corrected chi connectivity index (χ2v) is 8.49. The highest BCUT2D eigenvalue weighted by atomic mass is 16.5. The average Bonchev–Trinajstić information content (AvgIpc) is 3.27. The molecule has 1 aliphatic carbocycles. The number of nitrogens with zero attached hydrogens (tertiary/aromatic N) is 4. The molecule has 0 radical (unpaired) electrons. The van der Waals surface area contributed by atoms with E-state index in [1.165, 1.54) is 28.2 Å². The zero-order chi connectivity index (χ0) is 21.6. The predicted octanol–water partition coefficient (Wildman–Crippen LogP) is 3.07. The number of allylic oxidation sites excluding steroid dienone is 2. The highest BCUT2D eigenvalue weighted by Crippen LogP contribution is 2.35. The first-order chi connectivity index (χ1) is 15.9. The summed E-state index contributed by atoms with van der Waals surface area (Å²) in [5, 5.41) is 7.12. The minimum atomic E-state index is 0.797. The van der Waals surface area contributed by atoms with E-state index in [-0.39, 0.29) is 0 Å². The van der Waals surface area contributed by atoms with Crippen molar-refractivity contribution in [3.63, 3.8) is 0 Å². The molecular formula is C26H32N5O+. The van der Waals surface area contributed by atoms with Gasteiger partial charge in [-0.2, -0.15) is 5.10 Å². The molecule has 0 atom stereocenters. The summed E-state index contributed by atoms with van der Waals surface area (Å²) < 4.78 is 5.62. The van der Waals surface area contributed by atoms with E-state index in [4.69, 9.17) is 9.84 Å². The number of pyridine rings is 1. The van der Waals surface area contributed by atoms with Crippen molar-refractivity contribution in [3.05, 3.63) is 77.1 Å². The van der Waals surface area contributed by atoms with Crippen LogP contribution in [0.3, 0.4) is 0 Å². The molecule has 3 aliphatic rings. The average molecular weight is 431 g/mol. The zero-order valence-corrected chi connectivity index (χ0v) is 18.6. The van der Waals surface area contributed by atoms with Crippen LogP contribution in [0.25, 0.3) is 6.08 Å². The molecule has 2 aromatic rings. The highest BCUT2D eigenvalue weighted by Gasteiger charge is 2.26. The van der Waals surface area contributed by atoms with Gasteiger partial charge in [0.25, 0.3) is 5.82 Å². The van der Waals surface area contributed by atoms with E-state index in [1.54, 1.807) is 0 Å². The fourth-order valence-electron chi connectivity index (χ4n) is 4.71. The molecule has 3 heterocycles. The van der Waals surface area contributed by atoms with Gasteiger partial charge in [-0.3, -0.25) is 9.91 Å². The fraction of sp³-hybridized carbons (Fsp3) is 0.385. The number of nitrogens with one attached hydrogen (secondary N) is 1. The number of anilines is 1. The summed E-state index contributed by atoms with van der Waals surface area (Å²) in [5.74, 6) is 1.18. The third-order valence-electron chi connectivity index (χ3n) is 6.41. The van der Waals surface area contributed by atoms with Crippen LogP contribution in [0.1, 0.15) is 18.4 Å². The molecule has 1 aromatic heterocycles. The smallest absolute Gasteiger partial charge is 0.274 e. The fourth-order valence-corrected chi connectivity index (χ4v) is 4.71. The van der Waals surface area contributed by atoms with Crippen LogP contribution in [0.2, 0.25) is 0 Å². The first-order valence-corrected chi connectivity index (χ1v) is 11.7. The highest BCUT2D eigenvalue weighted by molar-refractivity contribution is 5.83. The second kappa shape index (κ2) is 10.0. The molecule has 32 heavy (non-hydrogen) atoms. The van der Waals surface area contributed by atoms with Gasteiger partial charge < -0.3 is 9.64 Å². The van der Waals surface area contributed by atoms with Crippen molar-refractivity contribution in [3.8, 4) is 0 Å². The zero-order valence-electron chi connectivity index (χ0n) is 18.6. The van der Waals surface area contributed by atoms with Crippen LogP contribution in [0.5, 0.6) is 0 Å². The lowest BCUT2D eigenvalue weighted by Crippen LogP contribution is -2.46. The molecule has 0 amide bonds. The Morgan fingerprint density at radius 2 is 1.59 bits per heavy atom. The maximum Gasteiger partial charge on any atom is 0.274 e. The molecular weight excluding hydrogens is 398 g/mol. The number of piperazine rings is 1. The summed E-state index contributed by atoms with van der Waals surface area (Å²) in [6, 6.07) is 16.9. The van der Waals surface area contributed by atoms with Gasteiger partial charge >= 0.3 is 0 Å². The van der Waals surface area contributed by atoms with Crippen molar-refractivity contribution in [1.82, 2.24) is 9.91 Å². The van der Waals surface area contributed by atoms with Gasteiger partial charge in [-0.1, -0.05) is 36.4 Å². The normalized spacial score (nSPS) is 21.2. The molecule has 6 nitrogen and oxygen atoms in total. The van der Waals surface area contributed by atoms with Gasteiger partial charge in [0.2, 0.25) is 0 Å². The van der Waals surface area contributed by atoms with E-state index in [2.05, 4.69) is 74.5 Å². The summed E-state index contributed by atoms with van der Waals surface area (Å²) in [6.07, 6.45) is 8.58. The third-order valence-corrected chi connectivity index (χ3v) is 6.41. The summed E-state index contributed by atoms with van der Waals surface area (Å²) in [5.41, 5.74) is 5.41. The van der Waals surface area contributed by atoms with Crippen molar-refractivity contribution in [2.75, 3.05) is 57.4 Å². The number of hydrogen-bond acceptors (Lipinski definition) is 5. The van der Waals surface area contributed by atoms with Gasteiger partial charge in [0.1, 0.15) is 13.1 Å². The lowest BCUT2D eigenvalue weighted by Gasteiger charge is -2.31. The molecule has 2 fully saturated rings. The molecule has 1 aromatic carbocycles. The Kier molecular flexibility index (Phi) is 6.49. The Bertz CT molecular complexity index is 972. The second-order valence-electron chi connectivity index (χ2n) is 8.49. The first-order valence-electron chi connectivity index (χ1n) is 11.7. The molecule has 2 aliphatic heterocycles. The third kappa shape index (κ3) is 4.86. The SMILES string of the molecule is C(=C1CCC(/C=N\N2CCN(c3cccc[nH+]3)CC2)=C1N1CCOCC1)c1ccccc1. The summed E-state index contributed by atoms with van der Waals surface area (Å²) >= 11 is 0. The molecule has 0 spiro atoms. The van der Waals surface area contributed by atoms with E-state index in [9.17, 15) is 0 Å². The molecule has 0 bridgehead atoms. The minimum absolute atomic E-state index is 0.797. The quantitative estimate of drug-likeness (QED) is 0.684. The van der Waals surface area contributed by atoms with Crippen LogP contribution in [0.15, 0.2) is 76.7 Å². The van der Waals surface area contributed by atoms with E-state index in [1.807, 2.05) is 12.3 Å². The Labute approximate surface area is 190 Å². The van der Waals surface area contributed by atoms with Gasteiger partial charge in [-0.05, 0) is 41.7 Å². The van der Waals surface area contributed by atoms with E-state index >= 15 is 0 Å². The van der Waals surface area contributed by atoms with Crippen molar-refractivity contribution >= 4 is 18.1 Å². The van der Waals surface area contributed by atoms with Gasteiger partial charge in [-0.25, -0.2) is 4.98 Å². The lowest BCUT2D eigenvalue weighted by atomic mass is 10.1. The standard InChI is InChI=1S/C26H31N5O/c1-2-6-22(7-3-1)20-23-9-10-24(26(23)30-16-18-32-19-17-30)21-28-31-14-12-29(13-15-31)25-8-4-5-11-27-25/h1-8,11,20-21H,9-10,12-19H2/p+1/b23-20?,28-21-. The number of ether oxygens (including phenoxy) is 1. The van der Waals surface area contributed by atoms with Crippen molar-refractivity contribution < 1.29 is 9.72 Å². The molecule has 1 N–H and O–H groups in total. The number of benzene rings is 1. The predicted molar refractivity (Wildman–Crippen MR) is 128 cm³/mol. The largest absolute Gasteiger partial charge is 0.378 e. The number of rotatable bonds is 5. The molecule has 2 saturated heterocycles. The van der Waals surface area contributed by atoms with E-state index < -0.39 is 0 Å². The van der Waals surface area contributed by atoms with Gasteiger partial charge in [0.15, 0.2) is 0 Å². The van der Waals surface area contributed by atoms with Crippen LogP contribution in [-0.4, -0.2) is 68.6 Å². The van der Waals surface area contributed by atoms with Crippen LogP contribution < -0.4 is 9.88 Å². The maximum absolute atomic E-state index is 5.62. The molecule has 5 rings (SSSR count). The van der Waals surface area contributed by atoms with Crippen LogP contribution >= 0.6 is 0 Å². The number of hydrazone groups is 1. The Morgan fingerprint density at radius 3 is 2.34 bits per heavy atom. The number of hydrogen-bond donors (Lipinski definition) is 0. The van der Waals surface area contributed by atoms with Gasteiger partial charge in [-0.15, -0.1) is 0 Å². The van der Waals surface area contributed by atoms with Crippen molar-refractivity contribution in [2.24, 2.45) is 5.10 Å². The topological polar surface area (TPSA) is 45.5 Å². The van der Waals surface area contributed by atoms with Crippen molar-refractivity contribution in [1.29, 1.82) is 0 Å². The molecule has 6 heteroatoms. The Morgan fingerprint density at radius 1 is 0.812 bits per heavy atom. The van der Waals surface area contributed by atoms with Crippen molar-refractivity contribution in [2.45, 2.75) is 12.8 Å². The number of aromatic amines is 1. The summed E-state index contributed by atoms with van der Waals surface area (Å²) in [7, 11) is 0. The molecule has 0 unspecified atom stereocenters. The van der Waals surface area contributed by atoms with E-state index in [0.717, 1.165) is 65.3 Å². The minimum Gasteiger partial charge on any atom is -0.378 e. The van der Waals surface area contributed by atoms with Gasteiger partial charge in [0, 0.05) is 24.9 Å². The molecule has 0 saturated carbocycles. The maximum atomic E-state index is 5.62. The number of morpholine rings is 1. The summed E-state index contributed by atoms with van der Waals surface area (Å²) in [6.45, 7) is 7.32. The van der Waals surface area contributed by atoms with Crippen LogP contribution in [0.4, 0.5) is 5.82 Å². The van der Waals surface area contributed by atoms with Crippen LogP contribution in [0, 0.1) is 0 Å². The van der Waals surface area contributed by atoms with Crippen LogP contribution in [-0.2, 0) is 4.74 Å². The number of aromatic nitrogens is 1. The Hall–Kier alpha value is -3.12. The monoisotopic (exact) mass is 430 g/mol. The summed E-state index contributed by atoms with van der Waals surface area (Å²) in [4.78, 5) is 8.22. The first kappa shape index (κ1) is 20.8. The lowest BCUT2D eigenvalue weighted by molar-refractivity contribution is -0.364. The van der Waals surface area contributed by atoms with Gasteiger partial charge in [0.05, 0.1) is 38.7 Å². The Balaban J connectivity index is 1.31. The van der Waals surface area contributed by atoms with E-state index in [0.29, 0.717) is 0 Å². The molecule has 166 valence electrons.